The molecule has 0 aromatic heterocycles. The van der Waals surface area contributed by atoms with Crippen LogP contribution in [0.1, 0.15) is 0 Å². The van der Waals surface area contributed by atoms with Crippen molar-refractivity contribution in [3.63, 3.8) is 0 Å². The zero-order chi connectivity index (χ0) is 6.73. The van der Waals surface area contributed by atoms with Crippen molar-refractivity contribution in [2.45, 2.75) is 0 Å². The van der Waals surface area contributed by atoms with Gasteiger partial charge in [-0.3, -0.25) is 0 Å². The monoisotopic (exact) mass is 180 g/mol. The molecular weight excluding hydrogens is 167 g/mol. The van der Waals surface area contributed by atoms with E-state index in [-0.39, 0.29) is 0 Å². The molecule has 0 saturated carbocycles. The molecule has 0 aliphatic heterocycles. The van der Waals surface area contributed by atoms with E-state index in [0.29, 0.717) is 0 Å². The van der Waals surface area contributed by atoms with Crippen molar-refractivity contribution in [1.29, 1.82) is 0 Å². The number of rotatable bonds is 2. The maximum atomic E-state index is 2.94. The summed E-state index contributed by atoms with van der Waals surface area (Å²) in [7, 11) is 8.02. The molecule has 3 heteroatoms. The van der Waals surface area contributed by atoms with Crippen molar-refractivity contribution < 1.29 is 0 Å². The Bertz CT molecular complexity index is 78.4. The quantitative estimate of drug-likeness (QED) is 0.520. The van der Waals surface area contributed by atoms with Gasteiger partial charge < -0.3 is 0 Å². The van der Waals surface area contributed by atoms with Crippen molar-refractivity contribution in [3.8, 4) is 0 Å². The van der Waals surface area contributed by atoms with Crippen LogP contribution in [0.25, 0.3) is 0 Å². The molecule has 0 aliphatic rings. The van der Waals surface area contributed by atoms with Gasteiger partial charge in [0.25, 0.3) is 0 Å². The second kappa shape index (κ2) is 3.10. The molecule has 0 aromatic carbocycles. The summed E-state index contributed by atoms with van der Waals surface area (Å²) in [6.07, 6.45) is 0. The topological polar surface area (TPSA) is 6.48 Å². The van der Waals surface area contributed by atoms with E-state index in [0.717, 1.165) is 4.67 Å². The summed E-state index contributed by atoms with van der Waals surface area (Å²) in [5.74, 6) is 0. The molecular formula is C5H12N2Se. The number of hydrogen-bond donors (Lipinski definition) is 0. The molecule has 0 radical (unpaired) electrons. The molecule has 48 valence electrons. The average molecular weight is 179 g/mol. The van der Waals surface area contributed by atoms with Gasteiger partial charge in [-0.15, -0.1) is 0 Å². The average Bonchev–Trinajstić information content (AvgIpc) is 1.64. The summed E-state index contributed by atoms with van der Waals surface area (Å²) >= 11 is 2.94. The van der Waals surface area contributed by atoms with Crippen LogP contribution in [0.4, 0.5) is 0 Å². The van der Waals surface area contributed by atoms with E-state index in [1.807, 2.05) is 38.0 Å². The summed E-state index contributed by atoms with van der Waals surface area (Å²) in [5, 5.41) is 0. The van der Waals surface area contributed by atoms with E-state index in [4.69, 9.17) is 0 Å². The summed E-state index contributed by atoms with van der Waals surface area (Å²) in [5.41, 5.74) is 0. The molecule has 0 saturated heterocycles. The molecule has 0 unspecified atom stereocenters. The summed E-state index contributed by atoms with van der Waals surface area (Å²) in [4.78, 5) is 4.06. The molecule has 0 heterocycles. The molecule has 0 amide bonds. The van der Waals surface area contributed by atoms with E-state index in [1.54, 1.807) is 0 Å². The Labute approximate surface area is 58.8 Å². The SMILES string of the molecule is CN(C)C(=[Se])N(C)C. The van der Waals surface area contributed by atoms with Gasteiger partial charge in [-0.05, 0) is 0 Å². The van der Waals surface area contributed by atoms with Crippen LogP contribution in [0.15, 0.2) is 0 Å². The first-order chi connectivity index (χ1) is 3.55. The van der Waals surface area contributed by atoms with Crippen LogP contribution in [-0.2, 0) is 0 Å². The van der Waals surface area contributed by atoms with Gasteiger partial charge in [0, 0.05) is 0 Å². The van der Waals surface area contributed by atoms with Gasteiger partial charge in [-0.25, -0.2) is 0 Å². The first-order valence-corrected chi connectivity index (χ1v) is 3.30. The van der Waals surface area contributed by atoms with Gasteiger partial charge in [0.05, 0.1) is 0 Å². The Morgan fingerprint density at radius 1 is 1.00 bits per heavy atom. The molecule has 0 aliphatic carbocycles. The van der Waals surface area contributed by atoms with E-state index in [2.05, 4.69) is 15.6 Å². The van der Waals surface area contributed by atoms with Gasteiger partial charge >= 0.3 is 58.2 Å². The van der Waals surface area contributed by atoms with Crippen LogP contribution in [0.5, 0.6) is 0 Å². The van der Waals surface area contributed by atoms with Gasteiger partial charge in [-0.2, -0.15) is 0 Å². The first kappa shape index (κ1) is 7.99. The zero-order valence-electron chi connectivity index (χ0n) is 5.80. The maximum absolute atomic E-state index is 2.94. The number of nitrogens with zero attached hydrogens (tertiary/aromatic N) is 2. The molecule has 0 bridgehead atoms. The minimum atomic E-state index is 1.14. The normalized spacial score (nSPS) is 8.50. The standard InChI is InChI=1S/C5H12N2Se/c1-6(2)5(8)7(3)4/h1-4H3. The van der Waals surface area contributed by atoms with Crippen molar-refractivity contribution in [3.05, 3.63) is 0 Å². The third-order valence-electron chi connectivity index (χ3n) is 0.765. The third kappa shape index (κ3) is 2.34. The summed E-state index contributed by atoms with van der Waals surface area (Å²) in [6, 6.07) is 0. The molecule has 0 fully saturated rings. The Morgan fingerprint density at radius 2 is 1.25 bits per heavy atom. The van der Waals surface area contributed by atoms with E-state index >= 15 is 0 Å². The van der Waals surface area contributed by atoms with Crippen LogP contribution in [0.3, 0.4) is 0 Å². The van der Waals surface area contributed by atoms with E-state index in [1.165, 1.54) is 0 Å². The Hall–Kier alpha value is -0.0105. The molecule has 8 heavy (non-hydrogen) atoms. The molecule has 0 aromatic rings. The second-order valence-electron chi connectivity index (χ2n) is 2.07. The Kier molecular flexibility index (Phi) is 3.10. The zero-order valence-corrected chi connectivity index (χ0v) is 7.52. The fourth-order valence-corrected chi connectivity index (χ4v) is 0.400. The molecule has 0 spiro atoms. The Balaban J connectivity index is 3.65. The molecule has 0 rings (SSSR count). The van der Waals surface area contributed by atoms with Crippen LogP contribution in [-0.4, -0.2) is 58.2 Å². The van der Waals surface area contributed by atoms with Gasteiger partial charge in [0.1, 0.15) is 0 Å². The minimum absolute atomic E-state index is 1.14. The fraction of sp³-hybridized carbons (Fsp3) is 0.800. The summed E-state index contributed by atoms with van der Waals surface area (Å²) in [6.45, 7) is 0. The molecule has 2 nitrogen and oxygen atoms in total. The molecule has 0 atom stereocenters. The summed E-state index contributed by atoms with van der Waals surface area (Å²) < 4.78 is 1.14. The van der Waals surface area contributed by atoms with Gasteiger partial charge in [-0.1, -0.05) is 0 Å². The van der Waals surface area contributed by atoms with E-state index in [9.17, 15) is 0 Å². The second-order valence-corrected chi connectivity index (χ2v) is 2.84. The van der Waals surface area contributed by atoms with Crippen LogP contribution in [0, 0.1) is 0 Å². The van der Waals surface area contributed by atoms with Gasteiger partial charge in [0.15, 0.2) is 0 Å². The van der Waals surface area contributed by atoms with Crippen molar-refractivity contribution >= 4 is 20.2 Å². The van der Waals surface area contributed by atoms with Crippen molar-refractivity contribution in [2.75, 3.05) is 28.2 Å². The first-order valence-electron chi connectivity index (χ1n) is 2.44. The van der Waals surface area contributed by atoms with Crippen LogP contribution >= 0.6 is 0 Å². The predicted octanol–water partition coefficient (Wildman–Crippen LogP) is -0.635. The van der Waals surface area contributed by atoms with Crippen LogP contribution in [0.2, 0.25) is 0 Å². The Morgan fingerprint density at radius 3 is 1.25 bits per heavy atom. The van der Waals surface area contributed by atoms with E-state index < -0.39 is 0 Å². The van der Waals surface area contributed by atoms with Crippen molar-refractivity contribution in [2.24, 2.45) is 0 Å². The number of hydrogen-bond acceptors (Lipinski definition) is 2. The van der Waals surface area contributed by atoms with Crippen molar-refractivity contribution in [1.82, 2.24) is 9.80 Å². The molecule has 0 N–H and O–H groups in total. The fourth-order valence-electron chi connectivity index (χ4n) is 0.400. The van der Waals surface area contributed by atoms with Crippen LogP contribution < -0.4 is 0 Å². The third-order valence-corrected chi connectivity index (χ3v) is 2.30. The van der Waals surface area contributed by atoms with Gasteiger partial charge in [0.2, 0.25) is 0 Å². The predicted molar refractivity (Wildman–Crippen MR) is 38.1 cm³/mol.